The van der Waals surface area contributed by atoms with Crippen molar-refractivity contribution in [1.82, 2.24) is 0 Å². The molecule has 0 heterocycles. The molecular weight excluding hydrogens is 334 g/mol. The minimum Gasteiger partial charge on any atom is -0.322 e. The Morgan fingerprint density at radius 1 is 0.947 bits per heavy atom. The Bertz CT molecular complexity index is 492. The van der Waals surface area contributed by atoms with Gasteiger partial charge in [-0.15, -0.1) is 0 Å². The molecule has 104 valence electrons. The first-order valence-electron chi connectivity index (χ1n) is 5.10. The summed E-state index contributed by atoms with van der Waals surface area (Å²) in [7, 11) is 0. The van der Waals surface area contributed by atoms with Gasteiger partial charge in [0.15, 0.2) is 9.67 Å². The third kappa shape index (κ3) is 5.07. The van der Waals surface area contributed by atoms with Crippen molar-refractivity contribution in [3.8, 4) is 0 Å². The summed E-state index contributed by atoms with van der Waals surface area (Å²) < 4.78 is 0. The predicted octanol–water partition coefficient (Wildman–Crippen LogP) is 3.48. The van der Waals surface area contributed by atoms with E-state index in [1.54, 1.807) is 18.2 Å². The van der Waals surface area contributed by atoms with Crippen molar-refractivity contribution in [1.29, 1.82) is 0 Å². The van der Waals surface area contributed by atoms with Crippen LogP contribution in [0.1, 0.15) is 5.56 Å². The lowest BCUT2D eigenvalue weighted by atomic mass is 10.2. The number of halogens is 4. The van der Waals surface area contributed by atoms with Gasteiger partial charge in [-0.25, -0.2) is 0 Å². The van der Waals surface area contributed by atoms with Crippen LogP contribution < -0.4 is 10.6 Å². The summed E-state index contributed by atoms with van der Waals surface area (Å²) in [5.41, 5.74) is 1.59. The average molecular weight is 344 g/mol. The van der Waals surface area contributed by atoms with Crippen LogP contribution >= 0.6 is 46.4 Å². The van der Waals surface area contributed by atoms with Crippen LogP contribution in [0.2, 0.25) is 0 Å². The highest BCUT2D eigenvalue weighted by atomic mass is 35.5. The van der Waals surface area contributed by atoms with E-state index in [1.165, 1.54) is 0 Å². The Hall–Kier alpha value is -0.680. The number of nitrogens with one attached hydrogen (secondary N) is 2. The van der Waals surface area contributed by atoms with Gasteiger partial charge in [-0.1, -0.05) is 52.5 Å². The van der Waals surface area contributed by atoms with Gasteiger partial charge >= 0.3 is 0 Å². The summed E-state index contributed by atoms with van der Waals surface area (Å²) >= 11 is 21.8. The molecule has 2 N–H and O–H groups in total. The van der Waals surface area contributed by atoms with E-state index < -0.39 is 21.5 Å². The topological polar surface area (TPSA) is 58.2 Å². The van der Waals surface area contributed by atoms with Crippen LogP contribution in [0, 0.1) is 6.92 Å². The quantitative estimate of drug-likeness (QED) is 0.822. The van der Waals surface area contributed by atoms with Crippen molar-refractivity contribution in [2.45, 2.75) is 16.6 Å². The van der Waals surface area contributed by atoms with E-state index >= 15 is 0 Å². The molecule has 0 fully saturated rings. The summed E-state index contributed by atoms with van der Waals surface area (Å²) in [4.78, 5) is 20.5. The summed E-state index contributed by atoms with van der Waals surface area (Å²) in [6, 6.07) is 5.01. The first-order chi connectivity index (χ1) is 8.81. The molecule has 0 bridgehead atoms. The Morgan fingerprint density at radius 2 is 1.42 bits per heavy atom. The normalized spacial score (nSPS) is 10.7. The molecule has 8 heteroatoms. The average Bonchev–Trinajstić information content (AvgIpc) is 2.32. The molecule has 1 rings (SSSR count). The third-order valence-corrected chi connectivity index (χ3v) is 2.88. The van der Waals surface area contributed by atoms with Crippen molar-refractivity contribution in [3.05, 3.63) is 23.8 Å². The Kier molecular flexibility index (Phi) is 6.20. The molecule has 0 saturated heterocycles. The molecule has 0 aliphatic rings. The second kappa shape index (κ2) is 7.20. The van der Waals surface area contributed by atoms with E-state index in [0.29, 0.717) is 11.4 Å². The molecule has 0 spiro atoms. The van der Waals surface area contributed by atoms with Gasteiger partial charge in [0.2, 0.25) is 0 Å². The lowest BCUT2D eigenvalue weighted by molar-refractivity contribution is -0.115. The van der Waals surface area contributed by atoms with Gasteiger partial charge in [-0.05, 0) is 24.6 Å². The molecule has 1 aromatic rings. The van der Waals surface area contributed by atoms with E-state index in [9.17, 15) is 9.59 Å². The van der Waals surface area contributed by atoms with Gasteiger partial charge in [0.25, 0.3) is 11.8 Å². The SMILES string of the molecule is Cc1ccc(NC(=O)C(Cl)Cl)c(NC(=O)C(Cl)Cl)c1. The molecule has 0 unspecified atom stereocenters. The molecule has 0 radical (unpaired) electrons. The fraction of sp³-hybridized carbons (Fsp3) is 0.273. The molecule has 1 aromatic carbocycles. The number of aryl methyl sites for hydroxylation is 1. The number of anilines is 2. The fourth-order valence-electron chi connectivity index (χ4n) is 1.25. The van der Waals surface area contributed by atoms with Crippen LogP contribution in [-0.4, -0.2) is 21.5 Å². The number of rotatable bonds is 4. The van der Waals surface area contributed by atoms with E-state index in [0.717, 1.165) is 5.56 Å². The molecule has 0 saturated carbocycles. The predicted molar refractivity (Wildman–Crippen MR) is 79.4 cm³/mol. The Balaban J connectivity index is 2.98. The van der Waals surface area contributed by atoms with Gasteiger partial charge in [-0.3, -0.25) is 9.59 Å². The van der Waals surface area contributed by atoms with Crippen molar-refractivity contribution < 1.29 is 9.59 Å². The molecular formula is C11H10Cl4N2O2. The molecule has 0 aliphatic heterocycles. The largest absolute Gasteiger partial charge is 0.322 e. The highest BCUT2D eigenvalue weighted by Gasteiger charge is 2.17. The maximum absolute atomic E-state index is 11.5. The molecule has 19 heavy (non-hydrogen) atoms. The highest BCUT2D eigenvalue weighted by molar-refractivity contribution is 6.55. The van der Waals surface area contributed by atoms with Crippen LogP contribution in [0.3, 0.4) is 0 Å². The third-order valence-electron chi connectivity index (χ3n) is 2.09. The van der Waals surface area contributed by atoms with Crippen LogP contribution in [0.4, 0.5) is 11.4 Å². The van der Waals surface area contributed by atoms with Crippen molar-refractivity contribution >= 4 is 69.6 Å². The lowest BCUT2D eigenvalue weighted by Crippen LogP contribution is -2.22. The van der Waals surface area contributed by atoms with Gasteiger partial charge in [0.1, 0.15) is 0 Å². The zero-order chi connectivity index (χ0) is 14.6. The second-order valence-corrected chi connectivity index (χ2v) is 5.82. The van der Waals surface area contributed by atoms with Gasteiger partial charge in [-0.2, -0.15) is 0 Å². The summed E-state index contributed by atoms with van der Waals surface area (Å²) in [5.74, 6) is -1.20. The monoisotopic (exact) mass is 342 g/mol. The minimum atomic E-state index is -1.21. The van der Waals surface area contributed by atoms with Crippen molar-refractivity contribution in [2.75, 3.05) is 10.6 Å². The van der Waals surface area contributed by atoms with Crippen LogP contribution in [0.25, 0.3) is 0 Å². The number of hydrogen-bond donors (Lipinski definition) is 2. The van der Waals surface area contributed by atoms with Gasteiger partial charge in [0.05, 0.1) is 11.4 Å². The minimum absolute atomic E-state index is 0.351. The summed E-state index contributed by atoms with van der Waals surface area (Å²) in [5, 5.41) is 4.97. The smallest absolute Gasteiger partial charge is 0.257 e. The van der Waals surface area contributed by atoms with Crippen LogP contribution in [0.5, 0.6) is 0 Å². The summed E-state index contributed by atoms with van der Waals surface area (Å²) in [6.45, 7) is 1.83. The Morgan fingerprint density at radius 3 is 1.89 bits per heavy atom. The zero-order valence-corrected chi connectivity index (χ0v) is 12.7. The molecule has 0 aromatic heterocycles. The number of amides is 2. The standard InChI is InChI=1S/C11H10Cl4N2O2/c1-5-2-3-6(16-10(18)8(12)13)7(4-5)17-11(19)9(14)15/h2-4,8-9H,1H3,(H,16,18)(H,17,19). The molecule has 0 atom stereocenters. The molecule has 0 aliphatic carbocycles. The molecule has 4 nitrogen and oxygen atoms in total. The van der Waals surface area contributed by atoms with Gasteiger partial charge in [0, 0.05) is 0 Å². The van der Waals surface area contributed by atoms with E-state index in [-0.39, 0.29) is 0 Å². The van der Waals surface area contributed by atoms with Crippen LogP contribution in [0.15, 0.2) is 18.2 Å². The first-order valence-corrected chi connectivity index (χ1v) is 6.84. The maximum atomic E-state index is 11.5. The number of hydrogen-bond acceptors (Lipinski definition) is 2. The van der Waals surface area contributed by atoms with E-state index in [4.69, 9.17) is 46.4 Å². The van der Waals surface area contributed by atoms with Crippen LogP contribution in [-0.2, 0) is 9.59 Å². The van der Waals surface area contributed by atoms with E-state index in [1.807, 2.05) is 6.92 Å². The number of carbonyl (C=O) groups excluding carboxylic acids is 2. The first kappa shape index (κ1) is 16.4. The maximum Gasteiger partial charge on any atom is 0.257 e. The number of alkyl halides is 4. The van der Waals surface area contributed by atoms with Crippen molar-refractivity contribution in [2.24, 2.45) is 0 Å². The van der Waals surface area contributed by atoms with Gasteiger partial charge < -0.3 is 10.6 Å². The van der Waals surface area contributed by atoms with Crippen molar-refractivity contribution in [3.63, 3.8) is 0 Å². The second-order valence-electron chi connectivity index (χ2n) is 3.63. The molecule has 2 amide bonds. The lowest BCUT2D eigenvalue weighted by Gasteiger charge is -2.13. The summed E-state index contributed by atoms with van der Waals surface area (Å²) in [6.07, 6.45) is 0. The highest BCUT2D eigenvalue weighted by Crippen LogP contribution is 2.24. The zero-order valence-electron chi connectivity index (χ0n) is 9.72. The number of carbonyl (C=O) groups is 2. The number of benzene rings is 1. The fourth-order valence-corrected chi connectivity index (χ4v) is 1.46. The Labute approximate surface area is 130 Å². The van der Waals surface area contributed by atoms with E-state index in [2.05, 4.69) is 10.6 Å².